The minimum atomic E-state index is -3.92. The minimum Gasteiger partial charge on any atom is -0.497 e. The summed E-state index contributed by atoms with van der Waals surface area (Å²) in [4.78, 5) is -0.0211. The average molecular weight is 550 g/mol. The smallest absolute Gasteiger partial charge is 0.244 e. The molecule has 0 bridgehead atoms. The van der Waals surface area contributed by atoms with E-state index in [1.807, 2.05) is 24.3 Å². The predicted molar refractivity (Wildman–Crippen MR) is 141 cm³/mol. The number of halogens is 2. The van der Waals surface area contributed by atoms with Gasteiger partial charge in [-0.25, -0.2) is 13.1 Å². The van der Waals surface area contributed by atoms with Gasteiger partial charge in [-0.05, 0) is 48.0 Å². The van der Waals surface area contributed by atoms with E-state index in [1.54, 1.807) is 42.5 Å². The molecule has 3 aromatic carbocycles. The second-order valence-electron chi connectivity index (χ2n) is 7.94. The van der Waals surface area contributed by atoms with Crippen molar-refractivity contribution in [1.29, 1.82) is 0 Å². The molecule has 3 aromatic rings. The first-order valence-electron chi connectivity index (χ1n) is 10.9. The molecular weight excluding hydrogens is 525 g/mol. The van der Waals surface area contributed by atoms with Gasteiger partial charge in [0.05, 0.1) is 50.3 Å². The first kappa shape index (κ1) is 26.1. The molecule has 1 atom stereocenters. The normalized spacial score (nSPS) is 15.5. The van der Waals surface area contributed by atoms with Gasteiger partial charge in [-0.1, -0.05) is 35.3 Å². The van der Waals surface area contributed by atoms with Crippen LogP contribution in [-0.2, 0) is 10.0 Å². The number of hydrogen-bond acceptors (Lipinski definition) is 7. The van der Waals surface area contributed by atoms with E-state index >= 15 is 0 Å². The van der Waals surface area contributed by atoms with E-state index in [0.717, 1.165) is 11.3 Å². The molecule has 0 amide bonds. The fraction of sp³-hybridized carbons (Fsp3) is 0.240. The van der Waals surface area contributed by atoms with Crippen LogP contribution >= 0.6 is 23.2 Å². The molecule has 0 aromatic heterocycles. The Kier molecular flexibility index (Phi) is 7.94. The third kappa shape index (κ3) is 5.54. The van der Waals surface area contributed by atoms with Gasteiger partial charge in [0.25, 0.3) is 0 Å². The number of methoxy groups -OCH3 is 3. The number of ether oxygens (including phenoxy) is 3. The molecule has 1 aliphatic heterocycles. The highest BCUT2D eigenvalue weighted by atomic mass is 35.5. The fourth-order valence-electron chi connectivity index (χ4n) is 3.90. The van der Waals surface area contributed by atoms with Gasteiger partial charge in [0.2, 0.25) is 10.0 Å². The van der Waals surface area contributed by atoms with Crippen LogP contribution in [0.1, 0.15) is 18.0 Å². The Morgan fingerprint density at radius 3 is 2.28 bits per heavy atom. The van der Waals surface area contributed by atoms with Crippen molar-refractivity contribution in [1.82, 2.24) is 4.72 Å². The Morgan fingerprint density at radius 2 is 1.64 bits per heavy atom. The topological polar surface area (TPSA) is 89.5 Å². The van der Waals surface area contributed by atoms with Crippen LogP contribution in [0, 0.1) is 0 Å². The zero-order chi connectivity index (χ0) is 25.9. The van der Waals surface area contributed by atoms with Gasteiger partial charge in [0, 0.05) is 17.5 Å². The maximum absolute atomic E-state index is 13.1. The van der Waals surface area contributed by atoms with Crippen molar-refractivity contribution in [3.8, 4) is 17.2 Å². The Balaban J connectivity index is 1.63. The Labute approximate surface area is 220 Å². The number of hydrazone groups is 1. The summed E-state index contributed by atoms with van der Waals surface area (Å²) < 4.78 is 44.6. The molecule has 1 N–H and O–H groups in total. The van der Waals surface area contributed by atoms with Crippen molar-refractivity contribution in [3.63, 3.8) is 0 Å². The second-order valence-corrected chi connectivity index (χ2v) is 10.5. The van der Waals surface area contributed by atoms with Crippen LogP contribution in [-0.4, -0.2) is 42.0 Å². The number of benzene rings is 3. The molecule has 0 radical (unpaired) electrons. The Bertz CT molecular complexity index is 1380. The molecule has 36 heavy (non-hydrogen) atoms. The lowest BCUT2D eigenvalue weighted by atomic mass is 10.0. The maximum atomic E-state index is 13.1. The van der Waals surface area contributed by atoms with Crippen molar-refractivity contribution in [2.45, 2.75) is 17.4 Å². The molecule has 1 heterocycles. The number of anilines is 1. The van der Waals surface area contributed by atoms with Crippen LogP contribution < -0.4 is 23.9 Å². The fourth-order valence-corrected chi connectivity index (χ4v) is 5.60. The first-order valence-corrected chi connectivity index (χ1v) is 13.2. The van der Waals surface area contributed by atoms with Crippen molar-refractivity contribution in [3.05, 3.63) is 76.3 Å². The number of nitrogens with one attached hydrogen (secondary N) is 1. The largest absolute Gasteiger partial charge is 0.497 e. The number of hydrogen-bond donors (Lipinski definition) is 1. The Hall–Kier alpha value is -2.98. The SMILES string of the molecule is COc1ccc(C2CC(CNS(=O)(=O)c3cc(OC)ccc3OC)=NN2c2ccc(Cl)cc2Cl)cc1. The standard InChI is InChI=1S/C25H25Cl2N3O5S/c1-33-19-7-4-16(5-8-19)23-13-18(29-30(23)22-10-6-17(26)12-21(22)27)15-28-36(31,32)25-14-20(34-2)9-11-24(25)35-3/h4-12,14,23,28H,13,15H2,1-3H3. The van der Waals surface area contributed by atoms with Gasteiger partial charge >= 0.3 is 0 Å². The van der Waals surface area contributed by atoms with Crippen LogP contribution in [0.3, 0.4) is 0 Å². The third-order valence-corrected chi connectivity index (χ3v) is 7.72. The van der Waals surface area contributed by atoms with Crippen molar-refractivity contribution in [2.24, 2.45) is 5.10 Å². The van der Waals surface area contributed by atoms with Crippen LogP contribution in [0.4, 0.5) is 5.69 Å². The third-order valence-electron chi connectivity index (χ3n) is 5.76. The summed E-state index contributed by atoms with van der Waals surface area (Å²) in [6, 6.07) is 17.2. The minimum absolute atomic E-state index is 0.00292. The van der Waals surface area contributed by atoms with Gasteiger partial charge in [0.1, 0.15) is 22.1 Å². The lowest BCUT2D eigenvalue weighted by molar-refractivity contribution is 0.392. The van der Waals surface area contributed by atoms with Crippen LogP contribution in [0.25, 0.3) is 0 Å². The average Bonchev–Trinajstić information content (AvgIpc) is 3.31. The van der Waals surface area contributed by atoms with E-state index in [-0.39, 0.29) is 23.2 Å². The number of sulfonamides is 1. The molecule has 190 valence electrons. The summed E-state index contributed by atoms with van der Waals surface area (Å²) in [7, 11) is 0.560. The summed E-state index contributed by atoms with van der Waals surface area (Å²) in [5.74, 6) is 1.34. The van der Waals surface area contributed by atoms with Gasteiger partial charge in [-0.2, -0.15) is 5.10 Å². The highest BCUT2D eigenvalue weighted by Crippen LogP contribution is 2.40. The highest BCUT2D eigenvalue weighted by Gasteiger charge is 2.31. The molecule has 4 rings (SSSR count). The molecule has 0 spiro atoms. The molecule has 1 unspecified atom stereocenters. The lowest BCUT2D eigenvalue weighted by Crippen LogP contribution is -2.29. The molecule has 8 nitrogen and oxygen atoms in total. The van der Waals surface area contributed by atoms with Gasteiger partial charge in [0.15, 0.2) is 0 Å². The summed E-state index contributed by atoms with van der Waals surface area (Å²) >= 11 is 12.6. The van der Waals surface area contributed by atoms with E-state index in [0.29, 0.717) is 33.6 Å². The van der Waals surface area contributed by atoms with Crippen LogP contribution in [0.5, 0.6) is 17.2 Å². The molecular formula is C25H25Cl2N3O5S. The molecule has 0 fully saturated rings. The molecule has 1 aliphatic rings. The second kappa shape index (κ2) is 11.0. The highest BCUT2D eigenvalue weighted by molar-refractivity contribution is 7.89. The molecule has 0 aliphatic carbocycles. The number of nitrogens with zero attached hydrogens (tertiary/aromatic N) is 2. The van der Waals surface area contributed by atoms with E-state index in [9.17, 15) is 8.42 Å². The lowest BCUT2D eigenvalue weighted by Gasteiger charge is -2.25. The van der Waals surface area contributed by atoms with E-state index < -0.39 is 10.0 Å². The van der Waals surface area contributed by atoms with E-state index in [1.165, 1.54) is 20.3 Å². The summed E-state index contributed by atoms with van der Waals surface area (Å²) in [5, 5.41) is 7.46. The van der Waals surface area contributed by atoms with E-state index in [4.69, 9.17) is 42.5 Å². The monoisotopic (exact) mass is 549 g/mol. The molecule has 0 saturated heterocycles. The molecule has 0 saturated carbocycles. The van der Waals surface area contributed by atoms with E-state index in [2.05, 4.69) is 4.72 Å². The van der Waals surface area contributed by atoms with Gasteiger partial charge in [-0.3, -0.25) is 5.01 Å². The Morgan fingerprint density at radius 1 is 0.944 bits per heavy atom. The summed E-state index contributed by atoms with van der Waals surface area (Å²) in [6.07, 6.45) is 0.475. The predicted octanol–water partition coefficient (Wildman–Crippen LogP) is 5.31. The summed E-state index contributed by atoms with van der Waals surface area (Å²) in [5.41, 5.74) is 2.26. The quantitative estimate of drug-likeness (QED) is 0.389. The molecule has 11 heteroatoms. The summed E-state index contributed by atoms with van der Waals surface area (Å²) in [6.45, 7) is -0.00292. The first-order chi connectivity index (χ1) is 17.2. The zero-order valence-corrected chi connectivity index (χ0v) is 22.2. The van der Waals surface area contributed by atoms with Crippen molar-refractivity contribution >= 4 is 44.6 Å². The maximum Gasteiger partial charge on any atom is 0.244 e. The van der Waals surface area contributed by atoms with Gasteiger partial charge in [-0.15, -0.1) is 0 Å². The van der Waals surface area contributed by atoms with Gasteiger partial charge < -0.3 is 14.2 Å². The zero-order valence-electron chi connectivity index (χ0n) is 19.9. The number of rotatable bonds is 9. The van der Waals surface area contributed by atoms with Crippen molar-refractivity contribution in [2.75, 3.05) is 32.9 Å². The van der Waals surface area contributed by atoms with Crippen LogP contribution in [0.2, 0.25) is 10.0 Å². The van der Waals surface area contributed by atoms with Crippen molar-refractivity contribution < 1.29 is 22.6 Å². The van der Waals surface area contributed by atoms with Crippen LogP contribution in [0.15, 0.2) is 70.7 Å².